The SMILES string of the molecule is CCCCN(C=O)CCOC(=O)C(C)C(C)(C)C(C)C. The summed E-state index contributed by atoms with van der Waals surface area (Å²) in [5.74, 6) is 0.0777. The summed E-state index contributed by atoms with van der Waals surface area (Å²) in [6.45, 7) is 13.9. The number of nitrogens with zero attached hydrogens (tertiary/aromatic N) is 1. The fourth-order valence-corrected chi connectivity index (χ4v) is 1.77. The summed E-state index contributed by atoms with van der Waals surface area (Å²) in [7, 11) is 0. The van der Waals surface area contributed by atoms with Gasteiger partial charge < -0.3 is 9.64 Å². The molecule has 1 unspecified atom stereocenters. The van der Waals surface area contributed by atoms with Crippen molar-refractivity contribution in [3.63, 3.8) is 0 Å². The van der Waals surface area contributed by atoms with Crippen molar-refractivity contribution in [3.05, 3.63) is 0 Å². The normalized spacial score (nSPS) is 13.2. The molecule has 0 bridgehead atoms. The molecule has 0 radical (unpaired) electrons. The van der Waals surface area contributed by atoms with Crippen molar-refractivity contribution in [2.75, 3.05) is 19.7 Å². The van der Waals surface area contributed by atoms with E-state index >= 15 is 0 Å². The second-order valence-electron chi connectivity index (χ2n) is 6.36. The maximum atomic E-state index is 12.0. The molecule has 20 heavy (non-hydrogen) atoms. The summed E-state index contributed by atoms with van der Waals surface area (Å²) >= 11 is 0. The van der Waals surface area contributed by atoms with E-state index < -0.39 is 0 Å². The highest BCUT2D eigenvalue weighted by molar-refractivity contribution is 5.73. The standard InChI is InChI=1S/C16H31NO3/c1-7-8-9-17(12-18)10-11-20-15(19)14(4)16(5,6)13(2)3/h12-14H,7-11H2,1-6H3. The minimum atomic E-state index is -0.176. The second kappa shape index (κ2) is 8.98. The lowest BCUT2D eigenvalue weighted by atomic mass is 9.71. The maximum Gasteiger partial charge on any atom is 0.309 e. The van der Waals surface area contributed by atoms with Crippen molar-refractivity contribution in [1.82, 2.24) is 4.90 Å². The van der Waals surface area contributed by atoms with Crippen molar-refractivity contribution < 1.29 is 14.3 Å². The van der Waals surface area contributed by atoms with Gasteiger partial charge in [0.25, 0.3) is 0 Å². The zero-order valence-corrected chi connectivity index (χ0v) is 13.9. The van der Waals surface area contributed by atoms with Crippen LogP contribution in [0.1, 0.15) is 54.4 Å². The third-order valence-electron chi connectivity index (χ3n) is 4.53. The first-order valence-electron chi connectivity index (χ1n) is 7.63. The predicted octanol–water partition coefficient (Wildman–Crippen LogP) is 3.11. The van der Waals surface area contributed by atoms with E-state index in [1.54, 1.807) is 4.90 Å². The Morgan fingerprint density at radius 3 is 2.30 bits per heavy atom. The van der Waals surface area contributed by atoms with E-state index in [1.807, 2.05) is 6.92 Å². The first-order chi connectivity index (χ1) is 9.27. The van der Waals surface area contributed by atoms with Gasteiger partial charge in [-0.05, 0) is 17.8 Å². The van der Waals surface area contributed by atoms with Crippen LogP contribution in [0.5, 0.6) is 0 Å². The van der Waals surface area contributed by atoms with E-state index in [4.69, 9.17) is 4.74 Å². The highest BCUT2D eigenvalue weighted by atomic mass is 16.5. The molecule has 0 spiro atoms. The number of unbranched alkanes of at least 4 members (excludes halogenated alkanes) is 1. The largest absolute Gasteiger partial charge is 0.464 e. The first-order valence-corrected chi connectivity index (χ1v) is 7.63. The molecular formula is C16H31NO3. The van der Waals surface area contributed by atoms with E-state index in [1.165, 1.54) is 0 Å². The van der Waals surface area contributed by atoms with Gasteiger partial charge in [0.05, 0.1) is 12.5 Å². The Morgan fingerprint density at radius 1 is 1.25 bits per heavy atom. The van der Waals surface area contributed by atoms with Crippen LogP contribution in [0.25, 0.3) is 0 Å². The summed E-state index contributed by atoms with van der Waals surface area (Å²) in [4.78, 5) is 24.6. The lowest BCUT2D eigenvalue weighted by molar-refractivity contribution is -0.154. The second-order valence-corrected chi connectivity index (χ2v) is 6.36. The average molecular weight is 285 g/mol. The van der Waals surface area contributed by atoms with Gasteiger partial charge in [-0.3, -0.25) is 9.59 Å². The molecule has 118 valence electrons. The maximum absolute atomic E-state index is 12.0. The quantitative estimate of drug-likeness (QED) is 0.458. The fraction of sp³-hybridized carbons (Fsp3) is 0.875. The average Bonchev–Trinajstić information content (AvgIpc) is 2.41. The lowest BCUT2D eigenvalue weighted by Gasteiger charge is -2.34. The van der Waals surface area contributed by atoms with Gasteiger partial charge in [-0.15, -0.1) is 0 Å². The molecule has 0 heterocycles. The fourth-order valence-electron chi connectivity index (χ4n) is 1.77. The van der Waals surface area contributed by atoms with Gasteiger partial charge >= 0.3 is 5.97 Å². The Balaban J connectivity index is 4.19. The van der Waals surface area contributed by atoms with Crippen molar-refractivity contribution in [3.8, 4) is 0 Å². The van der Waals surface area contributed by atoms with Crippen LogP contribution < -0.4 is 0 Å². The Hall–Kier alpha value is -1.06. The molecule has 0 aliphatic rings. The molecule has 4 heteroatoms. The van der Waals surface area contributed by atoms with Crippen LogP contribution in [-0.2, 0) is 14.3 Å². The number of carbonyl (C=O) groups is 2. The van der Waals surface area contributed by atoms with Gasteiger partial charge in [0.15, 0.2) is 0 Å². The van der Waals surface area contributed by atoms with Gasteiger partial charge in [0, 0.05) is 6.54 Å². The van der Waals surface area contributed by atoms with Crippen LogP contribution >= 0.6 is 0 Å². The van der Waals surface area contributed by atoms with Crippen molar-refractivity contribution in [2.45, 2.75) is 54.4 Å². The van der Waals surface area contributed by atoms with E-state index in [0.29, 0.717) is 12.5 Å². The Bertz CT molecular complexity index is 300. The molecule has 0 rings (SSSR count). The van der Waals surface area contributed by atoms with Crippen molar-refractivity contribution >= 4 is 12.4 Å². The number of ether oxygens (including phenoxy) is 1. The first kappa shape index (κ1) is 18.9. The third-order valence-corrected chi connectivity index (χ3v) is 4.53. The molecule has 1 atom stereocenters. The molecule has 0 aromatic rings. The Kier molecular flexibility index (Phi) is 8.51. The predicted molar refractivity (Wildman–Crippen MR) is 81.3 cm³/mol. The van der Waals surface area contributed by atoms with Crippen LogP contribution in [0, 0.1) is 17.3 Å². The van der Waals surface area contributed by atoms with Gasteiger partial charge in [-0.25, -0.2) is 0 Å². The number of amides is 1. The van der Waals surface area contributed by atoms with Crippen LogP contribution in [0.4, 0.5) is 0 Å². The molecule has 0 N–H and O–H groups in total. The molecular weight excluding hydrogens is 254 g/mol. The summed E-state index contributed by atoms with van der Waals surface area (Å²) in [6, 6.07) is 0. The van der Waals surface area contributed by atoms with Crippen LogP contribution in [0.3, 0.4) is 0 Å². The van der Waals surface area contributed by atoms with Gasteiger partial charge in [-0.1, -0.05) is 48.0 Å². The summed E-state index contributed by atoms with van der Waals surface area (Å²) in [5, 5.41) is 0. The van der Waals surface area contributed by atoms with Crippen molar-refractivity contribution in [2.24, 2.45) is 17.3 Å². The monoisotopic (exact) mass is 285 g/mol. The topological polar surface area (TPSA) is 46.6 Å². The third kappa shape index (κ3) is 5.93. The van der Waals surface area contributed by atoms with Crippen LogP contribution in [-0.4, -0.2) is 37.0 Å². The number of hydrogen-bond acceptors (Lipinski definition) is 3. The van der Waals surface area contributed by atoms with E-state index in [9.17, 15) is 9.59 Å². The number of hydrogen-bond donors (Lipinski definition) is 0. The molecule has 0 aromatic carbocycles. The smallest absolute Gasteiger partial charge is 0.309 e. The van der Waals surface area contributed by atoms with Gasteiger partial charge in [0.1, 0.15) is 6.61 Å². The molecule has 0 fully saturated rings. The minimum Gasteiger partial charge on any atom is -0.464 e. The Morgan fingerprint density at radius 2 is 1.85 bits per heavy atom. The number of rotatable bonds is 10. The zero-order chi connectivity index (χ0) is 15.8. The molecule has 1 amide bonds. The zero-order valence-electron chi connectivity index (χ0n) is 13.9. The number of esters is 1. The molecule has 0 saturated carbocycles. The molecule has 0 aromatic heterocycles. The Labute approximate surface area is 123 Å². The van der Waals surface area contributed by atoms with Gasteiger partial charge in [-0.2, -0.15) is 0 Å². The van der Waals surface area contributed by atoms with E-state index in [2.05, 4.69) is 34.6 Å². The van der Waals surface area contributed by atoms with Crippen LogP contribution in [0.15, 0.2) is 0 Å². The molecule has 4 nitrogen and oxygen atoms in total. The highest BCUT2D eigenvalue weighted by Gasteiger charge is 2.35. The van der Waals surface area contributed by atoms with E-state index in [0.717, 1.165) is 25.8 Å². The van der Waals surface area contributed by atoms with Crippen LogP contribution in [0.2, 0.25) is 0 Å². The molecule has 0 aliphatic carbocycles. The number of carbonyl (C=O) groups excluding carboxylic acids is 2. The molecule has 0 aliphatic heterocycles. The summed E-state index contributed by atoms with van der Waals surface area (Å²) < 4.78 is 5.31. The summed E-state index contributed by atoms with van der Waals surface area (Å²) in [6.07, 6.45) is 2.85. The van der Waals surface area contributed by atoms with E-state index in [-0.39, 0.29) is 23.9 Å². The highest BCUT2D eigenvalue weighted by Crippen LogP contribution is 2.35. The summed E-state index contributed by atoms with van der Waals surface area (Å²) in [5.41, 5.74) is -0.0936. The molecule has 0 saturated heterocycles. The van der Waals surface area contributed by atoms with Gasteiger partial charge in [0.2, 0.25) is 6.41 Å². The van der Waals surface area contributed by atoms with Crippen molar-refractivity contribution in [1.29, 1.82) is 0 Å². The lowest BCUT2D eigenvalue weighted by Crippen LogP contribution is -2.36. The minimum absolute atomic E-state index is 0.0936.